The molecular formula is C22H26N4O5S. The standard InChI is InChI=1S/C22H26N4O5S/c1-15(2)11-21(22(28)31-14-27)25(4)32(29,30)18-7-5-17(6-8-18)13-26-16(3)24-19-12-23-10-9-20(19)26/h5-10,12,14-15,21H,11,13H2,1-4H3/t21-/m0/s1. The molecule has 9 nitrogen and oxygen atoms in total. The van der Waals surface area contributed by atoms with E-state index in [1.807, 2.05) is 31.4 Å². The van der Waals surface area contributed by atoms with E-state index < -0.39 is 22.0 Å². The minimum absolute atomic E-state index is 0.0164. The summed E-state index contributed by atoms with van der Waals surface area (Å²) in [5.41, 5.74) is 2.63. The van der Waals surface area contributed by atoms with Crippen molar-refractivity contribution in [1.29, 1.82) is 0 Å². The summed E-state index contributed by atoms with van der Waals surface area (Å²) in [5, 5.41) is 0. The van der Waals surface area contributed by atoms with Crippen LogP contribution in [-0.2, 0) is 30.9 Å². The first kappa shape index (κ1) is 23.6. The van der Waals surface area contributed by atoms with Gasteiger partial charge in [0.1, 0.15) is 17.4 Å². The number of aromatic nitrogens is 3. The van der Waals surface area contributed by atoms with Gasteiger partial charge in [-0.3, -0.25) is 9.78 Å². The fourth-order valence-corrected chi connectivity index (χ4v) is 4.87. The number of rotatable bonds is 9. The molecule has 0 bridgehead atoms. The first-order valence-corrected chi connectivity index (χ1v) is 11.6. The van der Waals surface area contributed by atoms with Gasteiger partial charge in [0.25, 0.3) is 0 Å². The van der Waals surface area contributed by atoms with Crippen molar-refractivity contribution in [2.75, 3.05) is 7.05 Å². The van der Waals surface area contributed by atoms with E-state index in [0.29, 0.717) is 6.54 Å². The molecule has 3 aromatic rings. The van der Waals surface area contributed by atoms with Gasteiger partial charge >= 0.3 is 12.4 Å². The molecular weight excluding hydrogens is 432 g/mol. The maximum atomic E-state index is 13.1. The molecule has 10 heteroatoms. The van der Waals surface area contributed by atoms with Crippen molar-refractivity contribution in [3.63, 3.8) is 0 Å². The molecule has 170 valence electrons. The molecule has 0 unspecified atom stereocenters. The predicted molar refractivity (Wildman–Crippen MR) is 118 cm³/mol. The van der Waals surface area contributed by atoms with E-state index in [0.717, 1.165) is 26.7 Å². The number of carbonyl (C=O) groups is 2. The van der Waals surface area contributed by atoms with Gasteiger partial charge in [0, 0.05) is 19.8 Å². The summed E-state index contributed by atoms with van der Waals surface area (Å²) < 4.78 is 33.7. The molecule has 2 aromatic heterocycles. The highest BCUT2D eigenvalue weighted by molar-refractivity contribution is 7.89. The Morgan fingerprint density at radius 1 is 1.22 bits per heavy atom. The number of hydrogen-bond donors (Lipinski definition) is 0. The van der Waals surface area contributed by atoms with Crippen LogP contribution in [0.2, 0.25) is 0 Å². The second kappa shape index (κ2) is 9.58. The fraction of sp³-hybridized carbons (Fsp3) is 0.364. The number of aryl methyl sites for hydroxylation is 1. The average molecular weight is 459 g/mol. The van der Waals surface area contributed by atoms with Crippen LogP contribution in [-0.4, -0.2) is 52.8 Å². The fourth-order valence-electron chi connectivity index (χ4n) is 3.55. The molecule has 0 spiro atoms. The van der Waals surface area contributed by atoms with Gasteiger partial charge < -0.3 is 9.30 Å². The van der Waals surface area contributed by atoms with Gasteiger partial charge in [-0.1, -0.05) is 26.0 Å². The third-order valence-corrected chi connectivity index (χ3v) is 7.13. The Labute approximate surface area is 187 Å². The van der Waals surface area contributed by atoms with Crippen LogP contribution < -0.4 is 0 Å². The molecule has 2 heterocycles. The molecule has 32 heavy (non-hydrogen) atoms. The molecule has 1 aromatic carbocycles. The summed E-state index contributed by atoms with van der Waals surface area (Å²) in [6.45, 7) is 6.15. The summed E-state index contributed by atoms with van der Waals surface area (Å²) in [6, 6.07) is 7.26. The van der Waals surface area contributed by atoms with Crippen LogP contribution in [0.1, 0.15) is 31.7 Å². The first-order valence-electron chi connectivity index (χ1n) is 10.1. The summed E-state index contributed by atoms with van der Waals surface area (Å²) in [6.07, 6.45) is 3.63. The SMILES string of the molecule is Cc1nc2cnccc2n1Cc1ccc(S(=O)(=O)N(C)[C@@H](CC(C)C)C(=O)OC=O)cc1. The van der Waals surface area contributed by atoms with E-state index in [2.05, 4.69) is 14.7 Å². The molecule has 0 aliphatic rings. The van der Waals surface area contributed by atoms with E-state index in [1.165, 1.54) is 19.2 Å². The van der Waals surface area contributed by atoms with Crippen LogP contribution in [0.4, 0.5) is 0 Å². The van der Waals surface area contributed by atoms with Crippen LogP contribution in [0.15, 0.2) is 47.6 Å². The molecule has 0 aliphatic carbocycles. The van der Waals surface area contributed by atoms with Crippen molar-refractivity contribution in [2.24, 2.45) is 5.92 Å². The molecule has 1 atom stereocenters. The number of likely N-dealkylation sites (N-methyl/N-ethyl adjacent to an activating group) is 1. The monoisotopic (exact) mass is 458 g/mol. The number of ether oxygens (including phenoxy) is 1. The lowest BCUT2D eigenvalue weighted by Crippen LogP contribution is -2.44. The number of esters is 1. The van der Waals surface area contributed by atoms with Crippen molar-refractivity contribution < 1.29 is 22.7 Å². The molecule has 0 radical (unpaired) electrons. The minimum Gasteiger partial charge on any atom is -0.394 e. The van der Waals surface area contributed by atoms with E-state index >= 15 is 0 Å². The Bertz CT molecular complexity index is 1220. The van der Waals surface area contributed by atoms with Crippen molar-refractivity contribution in [3.05, 3.63) is 54.1 Å². The average Bonchev–Trinajstić information content (AvgIpc) is 3.07. The number of nitrogens with zero attached hydrogens (tertiary/aromatic N) is 4. The Balaban J connectivity index is 1.85. The lowest BCUT2D eigenvalue weighted by Gasteiger charge is -2.26. The molecule has 0 aliphatic heterocycles. The largest absolute Gasteiger partial charge is 0.394 e. The van der Waals surface area contributed by atoms with Crippen LogP contribution in [0, 0.1) is 12.8 Å². The minimum atomic E-state index is -3.98. The molecule has 0 saturated heterocycles. The number of carbonyl (C=O) groups excluding carboxylic acids is 2. The quantitative estimate of drug-likeness (QED) is 0.275. The zero-order valence-electron chi connectivity index (χ0n) is 18.4. The van der Waals surface area contributed by atoms with Gasteiger partial charge in [0.15, 0.2) is 0 Å². The van der Waals surface area contributed by atoms with Gasteiger partial charge in [0.2, 0.25) is 10.0 Å². The molecule has 0 N–H and O–H groups in total. The maximum Gasteiger partial charge on any atom is 0.331 e. The Morgan fingerprint density at radius 3 is 2.53 bits per heavy atom. The van der Waals surface area contributed by atoms with Crippen molar-refractivity contribution in [1.82, 2.24) is 18.8 Å². The second-order valence-electron chi connectivity index (χ2n) is 7.95. The number of pyridine rings is 1. The van der Waals surface area contributed by atoms with Gasteiger partial charge in [-0.2, -0.15) is 4.31 Å². The zero-order valence-corrected chi connectivity index (χ0v) is 19.2. The second-order valence-corrected chi connectivity index (χ2v) is 9.95. The first-order chi connectivity index (χ1) is 15.1. The summed E-state index contributed by atoms with van der Waals surface area (Å²) in [5.74, 6) is -0.0503. The molecule has 0 fully saturated rings. The maximum absolute atomic E-state index is 13.1. The number of hydrogen-bond acceptors (Lipinski definition) is 7. The zero-order chi connectivity index (χ0) is 23.5. The highest BCUT2D eigenvalue weighted by Gasteiger charge is 2.34. The molecule has 3 rings (SSSR count). The van der Waals surface area contributed by atoms with Crippen molar-refractivity contribution in [2.45, 2.75) is 44.7 Å². The van der Waals surface area contributed by atoms with Crippen LogP contribution in [0.3, 0.4) is 0 Å². The van der Waals surface area contributed by atoms with Crippen LogP contribution >= 0.6 is 0 Å². The van der Waals surface area contributed by atoms with Gasteiger partial charge in [-0.15, -0.1) is 0 Å². The molecule has 0 saturated carbocycles. The van der Waals surface area contributed by atoms with Crippen molar-refractivity contribution >= 4 is 33.5 Å². The predicted octanol–water partition coefficient (Wildman–Crippen LogP) is 2.52. The van der Waals surface area contributed by atoms with Gasteiger partial charge in [-0.25, -0.2) is 18.2 Å². The Kier molecular flexibility index (Phi) is 7.05. The van der Waals surface area contributed by atoms with Crippen molar-refractivity contribution in [3.8, 4) is 0 Å². The number of benzene rings is 1. The lowest BCUT2D eigenvalue weighted by atomic mass is 10.0. The third-order valence-electron chi connectivity index (χ3n) is 5.25. The highest BCUT2D eigenvalue weighted by atomic mass is 32.2. The number of fused-ring (bicyclic) bond motifs is 1. The van der Waals surface area contributed by atoms with E-state index in [9.17, 15) is 18.0 Å². The number of imidazole rings is 1. The highest BCUT2D eigenvalue weighted by Crippen LogP contribution is 2.23. The van der Waals surface area contributed by atoms with E-state index in [4.69, 9.17) is 0 Å². The Hall–Kier alpha value is -3.11. The van der Waals surface area contributed by atoms with Gasteiger partial charge in [-0.05, 0) is 43.0 Å². The van der Waals surface area contributed by atoms with E-state index in [-0.39, 0.29) is 23.7 Å². The lowest BCUT2D eigenvalue weighted by molar-refractivity contribution is -0.154. The van der Waals surface area contributed by atoms with Crippen LogP contribution in [0.25, 0.3) is 11.0 Å². The Morgan fingerprint density at radius 2 is 1.91 bits per heavy atom. The van der Waals surface area contributed by atoms with Gasteiger partial charge in [0.05, 0.1) is 16.6 Å². The number of sulfonamides is 1. The third kappa shape index (κ3) is 4.86. The summed E-state index contributed by atoms with van der Waals surface area (Å²) >= 11 is 0. The normalized spacial score (nSPS) is 12.9. The van der Waals surface area contributed by atoms with E-state index in [1.54, 1.807) is 24.5 Å². The summed E-state index contributed by atoms with van der Waals surface area (Å²) in [4.78, 5) is 31.4. The topological polar surface area (TPSA) is 111 Å². The molecule has 0 amide bonds. The smallest absolute Gasteiger partial charge is 0.331 e. The van der Waals surface area contributed by atoms with Crippen LogP contribution in [0.5, 0.6) is 0 Å². The summed E-state index contributed by atoms with van der Waals surface area (Å²) in [7, 11) is -2.66.